The fourth-order valence-corrected chi connectivity index (χ4v) is 2.49. The van der Waals surface area contributed by atoms with Crippen LogP contribution in [-0.4, -0.2) is 6.41 Å². The topological polar surface area (TPSA) is 52.9 Å². The minimum atomic E-state index is -0.669. The van der Waals surface area contributed by atoms with Gasteiger partial charge in [0, 0.05) is 3.57 Å². The second-order valence-electron chi connectivity index (χ2n) is 2.28. The van der Waals surface area contributed by atoms with Crippen LogP contribution >= 0.6 is 38.5 Å². The summed E-state index contributed by atoms with van der Waals surface area (Å²) in [6, 6.07) is 3.19. The first-order chi connectivity index (χ1) is 6.61. The Morgan fingerprint density at radius 1 is 1.71 bits per heavy atom. The molecule has 0 spiro atoms. The van der Waals surface area contributed by atoms with Crippen LogP contribution in [0, 0.1) is 20.7 Å². The number of halogens is 3. The maximum absolute atomic E-state index is 13.3. The zero-order valence-corrected chi connectivity index (χ0v) is 10.4. The zero-order chi connectivity index (χ0) is 10.7. The Morgan fingerprint density at radius 3 is 2.86 bits per heavy atom. The number of benzene rings is 1. The number of amides is 1. The summed E-state index contributed by atoms with van der Waals surface area (Å²) in [6.07, 6.45) is 0.408. The fraction of sp³-hybridized carbons (Fsp3) is 0. The summed E-state index contributed by atoms with van der Waals surface area (Å²) < 4.78 is 14.1. The van der Waals surface area contributed by atoms with E-state index in [2.05, 4.69) is 21.2 Å². The number of hydrogen-bond acceptors (Lipinski definition) is 2. The fourth-order valence-electron chi connectivity index (χ4n) is 0.900. The summed E-state index contributed by atoms with van der Waals surface area (Å²) in [7, 11) is 0. The van der Waals surface area contributed by atoms with E-state index in [4.69, 9.17) is 5.26 Å². The lowest BCUT2D eigenvalue weighted by atomic mass is 10.2. The summed E-state index contributed by atoms with van der Waals surface area (Å²) >= 11 is 4.88. The number of carbonyl (C=O) groups excluding carboxylic acids is 1. The van der Waals surface area contributed by atoms with Crippen molar-refractivity contribution in [2.75, 3.05) is 5.32 Å². The van der Waals surface area contributed by atoms with Gasteiger partial charge in [-0.3, -0.25) is 4.79 Å². The molecule has 1 N–H and O–H groups in total. The Hall–Kier alpha value is -0.680. The van der Waals surface area contributed by atoms with Crippen LogP contribution in [-0.2, 0) is 4.79 Å². The average molecular weight is 369 g/mol. The first-order valence-electron chi connectivity index (χ1n) is 3.39. The number of nitriles is 1. The summed E-state index contributed by atoms with van der Waals surface area (Å²) in [5, 5.41) is 11.0. The van der Waals surface area contributed by atoms with Gasteiger partial charge < -0.3 is 5.32 Å². The van der Waals surface area contributed by atoms with Crippen LogP contribution in [0.1, 0.15) is 5.56 Å². The summed E-state index contributed by atoms with van der Waals surface area (Å²) in [5.41, 5.74) is 0.0275. The van der Waals surface area contributed by atoms with Crippen LogP contribution in [0.4, 0.5) is 10.1 Å². The van der Waals surface area contributed by atoms with Crippen molar-refractivity contribution in [3.63, 3.8) is 0 Å². The van der Waals surface area contributed by atoms with Crippen LogP contribution in [0.15, 0.2) is 10.5 Å². The summed E-state index contributed by atoms with van der Waals surface area (Å²) in [4.78, 5) is 10.2. The van der Waals surface area contributed by atoms with Crippen molar-refractivity contribution >= 4 is 50.6 Å². The molecule has 72 valence electrons. The molecular weight excluding hydrogens is 366 g/mol. The van der Waals surface area contributed by atoms with Gasteiger partial charge in [0.1, 0.15) is 11.6 Å². The Balaban J connectivity index is 3.48. The Bertz CT molecular complexity index is 430. The van der Waals surface area contributed by atoms with Crippen LogP contribution in [0.2, 0.25) is 0 Å². The van der Waals surface area contributed by atoms with Crippen molar-refractivity contribution < 1.29 is 9.18 Å². The van der Waals surface area contributed by atoms with Gasteiger partial charge in [0.15, 0.2) is 5.82 Å². The first-order valence-corrected chi connectivity index (χ1v) is 5.26. The number of nitrogens with zero attached hydrogens (tertiary/aromatic N) is 1. The van der Waals surface area contributed by atoms with Crippen LogP contribution < -0.4 is 5.32 Å². The molecule has 0 aromatic heterocycles. The Kier molecular flexibility index (Phi) is 3.83. The maximum atomic E-state index is 13.3. The van der Waals surface area contributed by atoms with Crippen molar-refractivity contribution in [1.82, 2.24) is 0 Å². The van der Waals surface area contributed by atoms with Crippen molar-refractivity contribution in [3.8, 4) is 6.07 Å². The van der Waals surface area contributed by atoms with Crippen molar-refractivity contribution in [2.45, 2.75) is 0 Å². The number of anilines is 1. The predicted octanol–water partition coefficient (Wildman–Crippen LogP) is 2.63. The highest BCUT2D eigenvalue weighted by atomic mass is 127. The van der Waals surface area contributed by atoms with E-state index < -0.39 is 5.82 Å². The zero-order valence-electron chi connectivity index (χ0n) is 6.64. The van der Waals surface area contributed by atoms with E-state index in [9.17, 15) is 9.18 Å². The predicted molar refractivity (Wildman–Crippen MR) is 61.2 cm³/mol. The molecule has 0 heterocycles. The Labute approximate surface area is 102 Å². The van der Waals surface area contributed by atoms with Gasteiger partial charge in [-0.2, -0.15) is 5.26 Å². The molecule has 0 radical (unpaired) electrons. The smallest absolute Gasteiger partial charge is 0.211 e. The summed E-state index contributed by atoms with van der Waals surface area (Å²) in [6.45, 7) is 0. The SMILES string of the molecule is N#Cc1c(F)c(Br)cc(I)c1NC=O. The molecule has 3 nitrogen and oxygen atoms in total. The van der Waals surface area contributed by atoms with E-state index in [1.54, 1.807) is 6.07 Å². The highest BCUT2D eigenvalue weighted by Crippen LogP contribution is 2.30. The van der Waals surface area contributed by atoms with E-state index in [0.29, 0.717) is 9.98 Å². The molecule has 6 heteroatoms. The molecule has 0 unspecified atom stereocenters. The van der Waals surface area contributed by atoms with E-state index >= 15 is 0 Å². The van der Waals surface area contributed by atoms with Crippen LogP contribution in [0.5, 0.6) is 0 Å². The largest absolute Gasteiger partial charge is 0.327 e. The molecule has 0 fully saturated rings. The average Bonchev–Trinajstić information content (AvgIpc) is 2.15. The number of carbonyl (C=O) groups is 1. The molecular formula is C8H3BrFIN2O. The highest BCUT2D eigenvalue weighted by Gasteiger charge is 2.15. The minimum absolute atomic E-state index is 0.170. The van der Waals surface area contributed by atoms with Gasteiger partial charge in [-0.25, -0.2) is 4.39 Å². The third-order valence-electron chi connectivity index (χ3n) is 1.49. The van der Waals surface area contributed by atoms with E-state index in [0.717, 1.165) is 0 Å². The van der Waals surface area contributed by atoms with E-state index in [1.165, 1.54) is 6.07 Å². The molecule has 1 aromatic rings. The van der Waals surface area contributed by atoms with Gasteiger partial charge in [0.05, 0.1) is 10.2 Å². The first kappa shape index (κ1) is 11.4. The normalized spacial score (nSPS) is 9.29. The van der Waals surface area contributed by atoms with Gasteiger partial charge in [0.25, 0.3) is 0 Å². The van der Waals surface area contributed by atoms with Crippen LogP contribution in [0.3, 0.4) is 0 Å². The monoisotopic (exact) mass is 368 g/mol. The molecule has 0 aliphatic rings. The minimum Gasteiger partial charge on any atom is -0.327 e. The van der Waals surface area contributed by atoms with E-state index in [-0.39, 0.29) is 15.7 Å². The van der Waals surface area contributed by atoms with E-state index in [1.807, 2.05) is 22.6 Å². The lowest BCUT2D eigenvalue weighted by Crippen LogP contribution is -2.02. The second-order valence-corrected chi connectivity index (χ2v) is 4.29. The lowest BCUT2D eigenvalue weighted by Gasteiger charge is -2.07. The quantitative estimate of drug-likeness (QED) is 0.495. The molecule has 1 rings (SSSR count). The van der Waals surface area contributed by atoms with Crippen molar-refractivity contribution in [2.24, 2.45) is 0 Å². The molecule has 0 aliphatic heterocycles. The molecule has 0 saturated carbocycles. The third kappa shape index (κ3) is 2.04. The van der Waals surface area contributed by atoms with Gasteiger partial charge in [0.2, 0.25) is 6.41 Å². The molecule has 0 atom stereocenters. The molecule has 1 aromatic carbocycles. The lowest BCUT2D eigenvalue weighted by molar-refractivity contribution is -0.105. The second kappa shape index (κ2) is 4.70. The molecule has 0 saturated heterocycles. The van der Waals surface area contributed by atoms with Gasteiger partial charge in [-0.15, -0.1) is 0 Å². The molecule has 0 bridgehead atoms. The van der Waals surface area contributed by atoms with Gasteiger partial charge >= 0.3 is 0 Å². The third-order valence-corrected chi connectivity index (χ3v) is 2.91. The Morgan fingerprint density at radius 2 is 2.36 bits per heavy atom. The molecule has 14 heavy (non-hydrogen) atoms. The van der Waals surface area contributed by atoms with Crippen molar-refractivity contribution in [1.29, 1.82) is 5.26 Å². The number of nitrogens with one attached hydrogen (secondary N) is 1. The van der Waals surface area contributed by atoms with Gasteiger partial charge in [-0.05, 0) is 44.6 Å². The maximum Gasteiger partial charge on any atom is 0.211 e. The highest BCUT2D eigenvalue weighted by molar-refractivity contribution is 14.1. The standard InChI is InChI=1S/C8H3BrFIN2O/c9-5-1-6(11)8(13-3-14)4(2-12)7(5)10/h1,3H,(H,13,14). The molecule has 0 aliphatic carbocycles. The summed E-state index contributed by atoms with van der Waals surface area (Å²) in [5.74, 6) is -0.669. The number of hydrogen-bond donors (Lipinski definition) is 1. The van der Waals surface area contributed by atoms with Gasteiger partial charge in [-0.1, -0.05) is 0 Å². The van der Waals surface area contributed by atoms with Crippen molar-refractivity contribution in [3.05, 3.63) is 25.5 Å². The molecule has 1 amide bonds. The number of rotatable bonds is 2. The van der Waals surface area contributed by atoms with Crippen LogP contribution in [0.25, 0.3) is 0 Å².